The van der Waals surface area contributed by atoms with Crippen LogP contribution in [0, 0.1) is 0 Å². The first-order chi connectivity index (χ1) is 8.89. The molecule has 1 N–H and O–H groups in total. The van der Waals surface area contributed by atoms with Crippen LogP contribution in [0.1, 0.15) is 17.2 Å². The van der Waals surface area contributed by atoms with Gasteiger partial charge in [0.05, 0.1) is 11.8 Å². The average Bonchev–Trinajstić information content (AvgIpc) is 2.79. The molecule has 0 bridgehead atoms. The zero-order chi connectivity index (χ0) is 14.0. The van der Waals surface area contributed by atoms with Crippen molar-refractivity contribution in [1.29, 1.82) is 0 Å². The fraction of sp³-hybridized carbons (Fsp3) is 0.167. The smallest absolute Gasteiger partial charge is 0.419 e. The summed E-state index contributed by atoms with van der Waals surface area (Å²) in [5, 5.41) is 12.6. The number of benzene rings is 1. The van der Waals surface area contributed by atoms with Crippen LogP contribution in [-0.2, 0) is 11.0 Å². The van der Waals surface area contributed by atoms with Crippen molar-refractivity contribution in [1.82, 2.24) is 9.78 Å². The predicted molar refractivity (Wildman–Crippen MR) is 59.4 cm³/mol. The molecule has 1 aromatic heterocycles. The molecule has 4 nitrogen and oxygen atoms in total. The summed E-state index contributed by atoms with van der Waals surface area (Å²) in [5.74, 6) is -1.27. The van der Waals surface area contributed by atoms with Crippen LogP contribution in [0.3, 0.4) is 0 Å². The summed E-state index contributed by atoms with van der Waals surface area (Å²) in [6.45, 7) is 0. The summed E-state index contributed by atoms with van der Waals surface area (Å²) in [4.78, 5) is 11.2. The number of aromatic nitrogens is 2. The largest absolute Gasteiger partial charge is 0.479 e. The normalized spacial score (nSPS) is 13.2. The van der Waals surface area contributed by atoms with E-state index in [9.17, 15) is 18.0 Å². The van der Waals surface area contributed by atoms with E-state index >= 15 is 0 Å². The van der Waals surface area contributed by atoms with E-state index in [4.69, 9.17) is 5.11 Å². The van der Waals surface area contributed by atoms with E-state index in [-0.39, 0.29) is 0 Å². The molecule has 1 heterocycles. The molecule has 2 aromatic rings. The lowest BCUT2D eigenvalue weighted by atomic mass is 10.1. The summed E-state index contributed by atoms with van der Waals surface area (Å²) in [5.41, 5.74) is -0.624. The highest BCUT2D eigenvalue weighted by Gasteiger charge is 2.34. The minimum atomic E-state index is -4.54. The standard InChI is InChI=1S/C12H9F3N2O2/c13-12(14,15)9-6-16-17(7-9)10(11(18)19)8-4-2-1-3-5-8/h1-7,10H,(H,18,19). The quantitative estimate of drug-likeness (QED) is 0.932. The molecule has 1 aromatic carbocycles. The molecular formula is C12H9F3N2O2. The van der Waals surface area contributed by atoms with Crippen molar-refractivity contribution in [3.63, 3.8) is 0 Å². The molecule has 1 atom stereocenters. The second-order valence-electron chi connectivity index (χ2n) is 3.86. The van der Waals surface area contributed by atoms with Crippen molar-refractivity contribution < 1.29 is 23.1 Å². The van der Waals surface area contributed by atoms with Gasteiger partial charge in [-0.2, -0.15) is 18.3 Å². The second-order valence-corrected chi connectivity index (χ2v) is 3.86. The Labute approximate surface area is 106 Å². The van der Waals surface area contributed by atoms with E-state index in [2.05, 4.69) is 5.10 Å². The van der Waals surface area contributed by atoms with Crippen molar-refractivity contribution in [3.05, 3.63) is 53.9 Å². The number of alkyl halides is 3. The molecule has 0 aliphatic rings. The molecule has 0 aliphatic carbocycles. The number of rotatable bonds is 3. The highest BCUT2D eigenvalue weighted by molar-refractivity contribution is 5.75. The van der Waals surface area contributed by atoms with Crippen molar-refractivity contribution in [2.24, 2.45) is 0 Å². The Hall–Kier alpha value is -2.31. The first-order valence-electron chi connectivity index (χ1n) is 5.28. The lowest BCUT2D eigenvalue weighted by molar-refractivity contribution is -0.141. The van der Waals surface area contributed by atoms with E-state index in [1.165, 1.54) is 12.1 Å². The third-order valence-electron chi connectivity index (χ3n) is 2.54. The minimum absolute atomic E-state index is 0.354. The van der Waals surface area contributed by atoms with Crippen molar-refractivity contribution in [2.45, 2.75) is 12.2 Å². The number of aliphatic carboxylic acids is 1. The topological polar surface area (TPSA) is 55.1 Å². The Morgan fingerprint density at radius 1 is 1.26 bits per heavy atom. The molecule has 0 fully saturated rings. The number of hydrogen-bond donors (Lipinski definition) is 1. The predicted octanol–water partition coefficient (Wildman–Crippen LogP) is 2.58. The zero-order valence-corrected chi connectivity index (χ0v) is 9.50. The first-order valence-corrected chi connectivity index (χ1v) is 5.28. The maximum atomic E-state index is 12.5. The van der Waals surface area contributed by atoms with Gasteiger partial charge in [0.2, 0.25) is 0 Å². The van der Waals surface area contributed by atoms with Crippen LogP contribution in [0.25, 0.3) is 0 Å². The van der Waals surface area contributed by atoms with E-state index in [1.807, 2.05) is 0 Å². The van der Waals surface area contributed by atoms with Gasteiger partial charge in [-0.1, -0.05) is 30.3 Å². The SMILES string of the molecule is O=C(O)C(c1ccccc1)n1cc(C(F)(F)F)cn1. The van der Waals surface area contributed by atoms with Crippen LogP contribution in [-0.4, -0.2) is 20.9 Å². The van der Waals surface area contributed by atoms with Gasteiger partial charge >= 0.3 is 12.1 Å². The van der Waals surface area contributed by atoms with Crippen LogP contribution in [0.4, 0.5) is 13.2 Å². The molecule has 0 saturated heterocycles. The van der Waals surface area contributed by atoms with Crippen molar-refractivity contribution in [3.8, 4) is 0 Å². The Kier molecular flexibility index (Phi) is 3.28. The molecule has 2 rings (SSSR count). The van der Waals surface area contributed by atoms with Crippen molar-refractivity contribution in [2.75, 3.05) is 0 Å². The summed E-state index contributed by atoms with van der Waals surface area (Å²) < 4.78 is 38.2. The number of carbonyl (C=O) groups is 1. The molecule has 7 heteroatoms. The summed E-state index contributed by atoms with van der Waals surface area (Å²) in [6.07, 6.45) is -3.25. The van der Waals surface area contributed by atoms with Gasteiger partial charge in [-0.3, -0.25) is 4.68 Å². The Bertz CT molecular complexity index is 578. The summed E-state index contributed by atoms with van der Waals surface area (Å²) in [6, 6.07) is 6.67. The molecular weight excluding hydrogens is 261 g/mol. The summed E-state index contributed by atoms with van der Waals surface area (Å²) in [7, 11) is 0. The lowest BCUT2D eigenvalue weighted by Gasteiger charge is -2.13. The van der Waals surface area contributed by atoms with E-state index < -0.39 is 23.8 Å². The molecule has 100 valence electrons. The van der Waals surface area contributed by atoms with Gasteiger partial charge in [-0.15, -0.1) is 0 Å². The highest BCUT2D eigenvalue weighted by atomic mass is 19.4. The van der Waals surface area contributed by atoms with Crippen LogP contribution >= 0.6 is 0 Å². The monoisotopic (exact) mass is 270 g/mol. The molecule has 0 saturated carbocycles. The van der Waals surface area contributed by atoms with Crippen LogP contribution in [0.2, 0.25) is 0 Å². The van der Waals surface area contributed by atoms with Crippen molar-refractivity contribution >= 4 is 5.97 Å². The van der Waals surface area contributed by atoms with E-state index in [0.717, 1.165) is 4.68 Å². The fourth-order valence-corrected chi connectivity index (χ4v) is 1.67. The maximum absolute atomic E-state index is 12.5. The second kappa shape index (κ2) is 4.75. The zero-order valence-electron chi connectivity index (χ0n) is 9.50. The number of carboxylic acid groups (broad SMARTS) is 1. The Morgan fingerprint density at radius 2 is 1.89 bits per heavy atom. The molecule has 0 spiro atoms. The van der Waals surface area contributed by atoms with Gasteiger partial charge < -0.3 is 5.11 Å². The highest BCUT2D eigenvalue weighted by Crippen LogP contribution is 2.30. The third kappa shape index (κ3) is 2.75. The van der Waals surface area contributed by atoms with Gasteiger partial charge in [-0.25, -0.2) is 4.79 Å². The van der Waals surface area contributed by atoms with Gasteiger partial charge in [0.1, 0.15) is 0 Å². The Balaban J connectivity index is 2.41. The van der Waals surface area contributed by atoms with Crippen LogP contribution in [0.15, 0.2) is 42.7 Å². The average molecular weight is 270 g/mol. The molecule has 0 aliphatic heterocycles. The number of carboxylic acids is 1. The number of halogens is 3. The van der Waals surface area contributed by atoms with Gasteiger partial charge in [0.15, 0.2) is 6.04 Å². The van der Waals surface area contributed by atoms with Crippen LogP contribution < -0.4 is 0 Å². The van der Waals surface area contributed by atoms with Gasteiger partial charge in [0.25, 0.3) is 0 Å². The molecule has 19 heavy (non-hydrogen) atoms. The number of nitrogens with zero attached hydrogens (tertiary/aromatic N) is 2. The van der Waals surface area contributed by atoms with Gasteiger partial charge in [0, 0.05) is 6.20 Å². The third-order valence-corrected chi connectivity index (χ3v) is 2.54. The lowest BCUT2D eigenvalue weighted by Crippen LogP contribution is -2.20. The number of hydrogen-bond acceptors (Lipinski definition) is 2. The molecule has 0 radical (unpaired) electrons. The maximum Gasteiger partial charge on any atom is 0.419 e. The molecule has 1 unspecified atom stereocenters. The fourth-order valence-electron chi connectivity index (χ4n) is 1.67. The van der Waals surface area contributed by atoms with E-state index in [1.54, 1.807) is 18.2 Å². The van der Waals surface area contributed by atoms with E-state index in [0.29, 0.717) is 18.0 Å². The summed E-state index contributed by atoms with van der Waals surface area (Å²) >= 11 is 0. The van der Waals surface area contributed by atoms with Crippen LogP contribution in [0.5, 0.6) is 0 Å². The minimum Gasteiger partial charge on any atom is -0.479 e. The Morgan fingerprint density at radius 3 is 2.37 bits per heavy atom. The molecule has 0 amide bonds. The first kappa shape index (κ1) is 13.1. The van der Waals surface area contributed by atoms with Gasteiger partial charge in [-0.05, 0) is 5.56 Å².